The van der Waals surface area contributed by atoms with E-state index >= 15 is 0 Å². The lowest BCUT2D eigenvalue weighted by molar-refractivity contribution is 0.0595. The zero-order chi connectivity index (χ0) is 17.6. The molecule has 0 atom stereocenters. The van der Waals surface area contributed by atoms with Crippen molar-refractivity contribution in [1.82, 2.24) is 15.0 Å². The van der Waals surface area contributed by atoms with Crippen molar-refractivity contribution in [3.8, 4) is 11.1 Å². The molecule has 1 fully saturated rings. The van der Waals surface area contributed by atoms with Gasteiger partial charge in [0.05, 0.1) is 23.2 Å². The number of esters is 1. The van der Waals surface area contributed by atoms with Crippen LogP contribution in [0.4, 0.5) is 4.39 Å². The van der Waals surface area contributed by atoms with Crippen LogP contribution in [-0.2, 0) is 11.3 Å². The average Bonchev–Trinajstić information content (AvgIpc) is 3.33. The van der Waals surface area contributed by atoms with E-state index in [1.165, 1.54) is 32.1 Å². The van der Waals surface area contributed by atoms with Gasteiger partial charge in [-0.25, -0.2) is 13.9 Å². The molecule has 0 spiro atoms. The lowest BCUT2D eigenvalue weighted by Crippen LogP contribution is -2.04. The number of ether oxygens (including phenoxy) is 1. The molecule has 0 amide bonds. The first-order valence-corrected chi connectivity index (χ1v) is 8.36. The smallest absolute Gasteiger partial charge is 0.340 e. The third kappa shape index (κ3) is 2.87. The maximum absolute atomic E-state index is 14.2. The van der Waals surface area contributed by atoms with Gasteiger partial charge in [0.1, 0.15) is 11.3 Å². The van der Waals surface area contributed by atoms with Crippen molar-refractivity contribution in [3.05, 3.63) is 46.7 Å². The molecule has 3 aromatic rings. The number of benzene rings is 2. The first-order valence-electron chi connectivity index (χ1n) is 7.98. The third-order valence-corrected chi connectivity index (χ3v) is 4.82. The number of rotatable bonds is 4. The normalized spacial score (nSPS) is 14.0. The summed E-state index contributed by atoms with van der Waals surface area (Å²) in [5.41, 5.74) is 2.56. The van der Waals surface area contributed by atoms with Crippen molar-refractivity contribution in [2.45, 2.75) is 19.4 Å². The fourth-order valence-electron chi connectivity index (χ4n) is 2.87. The SMILES string of the molecule is COC(=O)c1ccc(-c2ccc3c(nnn3CC3CC3)c2Cl)cc1F. The summed E-state index contributed by atoms with van der Waals surface area (Å²) in [5, 5.41) is 8.78. The second-order valence-corrected chi connectivity index (χ2v) is 6.57. The van der Waals surface area contributed by atoms with Gasteiger partial charge in [-0.3, -0.25) is 0 Å². The van der Waals surface area contributed by atoms with Gasteiger partial charge in [-0.15, -0.1) is 5.10 Å². The predicted molar refractivity (Wildman–Crippen MR) is 92.0 cm³/mol. The molecule has 0 N–H and O–H groups in total. The Bertz CT molecular complexity index is 982. The van der Waals surface area contributed by atoms with Gasteiger partial charge in [0.25, 0.3) is 0 Å². The highest BCUT2D eigenvalue weighted by molar-refractivity contribution is 6.37. The minimum Gasteiger partial charge on any atom is -0.465 e. The van der Waals surface area contributed by atoms with Crippen molar-refractivity contribution in [2.24, 2.45) is 5.92 Å². The number of halogens is 2. The van der Waals surface area contributed by atoms with Crippen molar-refractivity contribution >= 4 is 28.6 Å². The van der Waals surface area contributed by atoms with Crippen molar-refractivity contribution < 1.29 is 13.9 Å². The average molecular weight is 360 g/mol. The van der Waals surface area contributed by atoms with Gasteiger partial charge in [0.15, 0.2) is 0 Å². The molecule has 1 heterocycles. The Kier molecular flexibility index (Phi) is 3.92. The summed E-state index contributed by atoms with van der Waals surface area (Å²) in [7, 11) is 1.21. The van der Waals surface area contributed by atoms with E-state index in [0.717, 1.165) is 12.1 Å². The molecule has 0 saturated heterocycles. The second kappa shape index (κ2) is 6.11. The largest absolute Gasteiger partial charge is 0.465 e. The monoisotopic (exact) mass is 359 g/mol. The lowest BCUT2D eigenvalue weighted by Gasteiger charge is -2.08. The molecule has 1 saturated carbocycles. The number of hydrogen-bond acceptors (Lipinski definition) is 4. The molecular weight excluding hydrogens is 345 g/mol. The van der Waals surface area contributed by atoms with Crippen LogP contribution in [0.5, 0.6) is 0 Å². The molecule has 0 aliphatic heterocycles. The molecule has 0 radical (unpaired) electrons. The van der Waals surface area contributed by atoms with Gasteiger partial charge >= 0.3 is 5.97 Å². The fourth-order valence-corrected chi connectivity index (χ4v) is 3.17. The molecule has 7 heteroatoms. The van der Waals surface area contributed by atoms with Gasteiger partial charge in [-0.2, -0.15) is 0 Å². The molecular formula is C18H15ClFN3O2. The van der Waals surface area contributed by atoms with E-state index in [4.69, 9.17) is 11.6 Å². The van der Waals surface area contributed by atoms with E-state index < -0.39 is 11.8 Å². The van der Waals surface area contributed by atoms with Crippen LogP contribution >= 0.6 is 11.6 Å². The Labute approximate surface area is 148 Å². The number of methoxy groups -OCH3 is 1. The molecule has 1 aromatic heterocycles. The quantitative estimate of drug-likeness (QED) is 0.658. The molecule has 1 aliphatic rings. The predicted octanol–water partition coefficient (Wildman–Crippen LogP) is 4.09. The van der Waals surface area contributed by atoms with Crippen LogP contribution in [0, 0.1) is 11.7 Å². The van der Waals surface area contributed by atoms with Crippen LogP contribution in [0.1, 0.15) is 23.2 Å². The van der Waals surface area contributed by atoms with Crippen molar-refractivity contribution in [1.29, 1.82) is 0 Å². The minimum atomic E-state index is -0.714. The van der Waals surface area contributed by atoms with Crippen molar-refractivity contribution in [3.63, 3.8) is 0 Å². The highest BCUT2D eigenvalue weighted by Crippen LogP contribution is 2.36. The molecule has 2 aromatic carbocycles. The Balaban J connectivity index is 1.75. The third-order valence-electron chi connectivity index (χ3n) is 4.44. The zero-order valence-electron chi connectivity index (χ0n) is 13.5. The van der Waals surface area contributed by atoms with E-state index in [1.807, 2.05) is 16.8 Å². The molecule has 4 rings (SSSR count). The van der Waals surface area contributed by atoms with Crippen molar-refractivity contribution in [2.75, 3.05) is 7.11 Å². The molecule has 0 unspecified atom stereocenters. The van der Waals surface area contributed by atoms with Crippen LogP contribution in [0.3, 0.4) is 0 Å². The minimum absolute atomic E-state index is 0.112. The summed E-state index contributed by atoms with van der Waals surface area (Å²) >= 11 is 6.49. The number of nitrogens with zero attached hydrogens (tertiary/aromatic N) is 3. The molecule has 128 valence electrons. The summed E-state index contributed by atoms with van der Waals surface area (Å²) in [4.78, 5) is 11.5. The topological polar surface area (TPSA) is 57.0 Å². The second-order valence-electron chi connectivity index (χ2n) is 6.20. The molecule has 25 heavy (non-hydrogen) atoms. The number of fused-ring (bicyclic) bond motifs is 1. The van der Waals surface area contributed by atoms with E-state index in [9.17, 15) is 9.18 Å². The highest BCUT2D eigenvalue weighted by atomic mass is 35.5. The van der Waals surface area contributed by atoms with Crippen LogP contribution in [-0.4, -0.2) is 28.1 Å². The van der Waals surface area contributed by atoms with Crippen LogP contribution in [0.25, 0.3) is 22.2 Å². The van der Waals surface area contributed by atoms with Crippen LogP contribution in [0.15, 0.2) is 30.3 Å². The summed E-state index contributed by atoms with van der Waals surface area (Å²) in [6, 6.07) is 8.01. The maximum Gasteiger partial charge on any atom is 0.340 e. The Morgan fingerprint density at radius 3 is 2.84 bits per heavy atom. The summed E-state index contributed by atoms with van der Waals surface area (Å²) in [5.74, 6) is -0.699. The van der Waals surface area contributed by atoms with E-state index in [1.54, 1.807) is 6.07 Å². The summed E-state index contributed by atoms with van der Waals surface area (Å²) in [6.45, 7) is 0.842. The number of aromatic nitrogens is 3. The van der Waals surface area contributed by atoms with Gasteiger partial charge in [-0.1, -0.05) is 28.9 Å². The number of hydrogen-bond donors (Lipinski definition) is 0. The highest BCUT2D eigenvalue weighted by Gasteiger charge is 2.24. The Hall–Kier alpha value is -2.47. The van der Waals surface area contributed by atoms with Crippen LogP contribution < -0.4 is 0 Å². The lowest BCUT2D eigenvalue weighted by atomic mass is 10.0. The Morgan fingerprint density at radius 1 is 1.36 bits per heavy atom. The first-order chi connectivity index (χ1) is 12.1. The first kappa shape index (κ1) is 16.0. The molecule has 1 aliphatic carbocycles. The summed E-state index contributed by atoms with van der Waals surface area (Å²) < 4.78 is 20.6. The molecule has 0 bridgehead atoms. The van der Waals surface area contributed by atoms with Gasteiger partial charge < -0.3 is 4.74 Å². The van der Waals surface area contributed by atoms with E-state index in [-0.39, 0.29) is 5.56 Å². The Morgan fingerprint density at radius 2 is 2.16 bits per heavy atom. The molecule has 5 nitrogen and oxygen atoms in total. The van der Waals surface area contributed by atoms with Crippen LogP contribution in [0.2, 0.25) is 5.02 Å². The van der Waals surface area contributed by atoms with E-state index in [0.29, 0.717) is 27.6 Å². The number of carbonyl (C=O) groups excluding carboxylic acids is 1. The van der Waals surface area contributed by atoms with Gasteiger partial charge in [-0.05, 0) is 42.5 Å². The zero-order valence-corrected chi connectivity index (χ0v) is 14.3. The number of carbonyl (C=O) groups is 1. The summed E-state index contributed by atoms with van der Waals surface area (Å²) in [6.07, 6.45) is 2.44. The van der Waals surface area contributed by atoms with Gasteiger partial charge in [0.2, 0.25) is 0 Å². The maximum atomic E-state index is 14.2. The fraction of sp³-hybridized carbons (Fsp3) is 0.278. The van der Waals surface area contributed by atoms with Gasteiger partial charge in [0, 0.05) is 12.1 Å². The van der Waals surface area contributed by atoms with E-state index in [2.05, 4.69) is 15.0 Å². The standard InChI is InChI=1S/C18H15ClFN3O2/c1-25-18(24)13-5-4-11(8-14(13)20)12-6-7-15-17(16(12)19)21-22-23(15)9-10-2-3-10/h4-8,10H,2-3,9H2,1H3.